The van der Waals surface area contributed by atoms with Gasteiger partial charge in [0.05, 0.1) is 0 Å². The molecule has 0 aromatic rings. The first-order chi connectivity index (χ1) is 40.5. The number of esters is 3. The van der Waals surface area contributed by atoms with Crippen LogP contribution in [-0.2, 0) is 28.6 Å². The molecule has 0 rings (SSSR count). The molecule has 0 heterocycles. The SMILES string of the molecule is CC/C=C\C/C=C\C/C=C\C/C=C\C/C=C\C/C=C\C/C=C\C/C=C\C/C=C\CCCCCCCC(=O)OCC(COC(=O)CCCCCCC/C=C\CCCCCCC)OC(=O)CCC/C=C\C/C=C\C/C=C\C/C=C\C/C=C\CC. The van der Waals surface area contributed by atoms with E-state index in [4.69, 9.17) is 14.2 Å². The Morgan fingerprint density at radius 3 is 0.793 bits per heavy atom. The molecular formula is C76H118O6. The van der Waals surface area contributed by atoms with Crippen molar-refractivity contribution in [2.75, 3.05) is 13.2 Å². The number of carbonyl (C=O) groups is 3. The van der Waals surface area contributed by atoms with E-state index in [9.17, 15) is 14.4 Å². The number of ether oxygens (including phenoxy) is 3. The number of carbonyl (C=O) groups excluding carboxylic acids is 3. The van der Waals surface area contributed by atoms with Crippen LogP contribution in [0, 0.1) is 0 Å². The summed E-state index contributed by atoms with van der Waals surface area (Å²) >= 11 is 0. The van der Waals surface area contributed by atoms with Crippen molar-refractivity contribution in [2.24, 2.45) is 0 Å². The van der Waals surface area contributed by atoms with E-state index in [1.165, 1.54) is 44.9 Å². The lowest BCUT2D eigenvalue weighted by atomic mass is 10.1. The summed E-state index contributed by atoms with van der Waals surface area (Å²) in [6.45, 7) is 6.32. The Morgan fingerprint density at radius 1 is 0.256 bits per heavy atom. The van der Waals surface area contributed by atoms with Gasteiger partial charge in [0.15, 0.2) is 6.10 Å². The van der Waals surface area contributed by atoms with E-state index >= 15 is 0 Å². The summed E-state index contributed by atoms with van der Waals surface area (Å²) in [6.07, 6.45) is 102. The molecule has 0 spiro atoms. The van der Waals surface area contributed by atoms with E-state index in [1.54, 1.807) is 0 Å². The van der Waals surface area contributed by atoms with Gasteiger partial charge in [-0.2, -0.15) is 0 Å². The highest BCUT2D eigenvalue weighted by molar-refractivity contribution is 5.71. The van der Waals surface area contributed by atoms with Gasteiger partial charge in [-0.3, -0.25) is 14.4 Å². The molecule has 0 saturated heterocycles. The minimum Gasteiger partial charge on any atom is -0.462 e. The molecule has 0 radical (unpaired) electrons. The molecule has 0 aliphatic carbocycles. The Hall–Kier alpha value is -5.49. The fourth-order valence-electron chi connectivity index (χ4n) is 8.29. The summed E-state index contributed by atoms with van der Waals surface area (Å²) in [5, 5.41) is 0. The minimum atomic E-state index is -0.830. The average molecular weight is 1130 g/mol. The first-order valence-electron chi connectivity index (χ1n) is 32.8. The molecule has 82 heavy (non-hydrogen) atoms. The van der Waals surface area contributed by atoms with E-state index in [0.29, 0.717) is 19.3 Å². The predicted molar refractivity (Wildman–Crippen MR) is 357 cm³/mol. The van der Waals surface area contributed by atoms with Gasteiger partial charge < -0.3 is 14.2 Å². The molecule has 0 aromatic heterocycles. The van der Waals surface area contributed by atoms with Crippen molar-refractivity contribution >= 4 is 17.9 Å². The predicted octanol–water partition coefficient (Wildman–Crippen LogP) is 22.8. The van der Waals surface area contributed by atoms with Gasteiger partial charge in [-0.25, -0.2) is 0 Å². The molecule has 0 N–H and O–H groups in total. The molecule has 0 fully saturated rings. The smallest absolute Gasteiger partial charge is 0.306 e. The molecule has 6 heteroatoms. The van der Waals surface area contributed by atoms with Crippen LogP contribution in [0.4, 0.5) is 0 Å². The first kappa shape index (κ1) is 76.5. The normalized spacial score (nSPS) is 13.4. The molecule has 1 atom stereocenters. The van der Waals surface area contributed by atoms with Crippen LogP contribution in [0.5, 0.6) is 0 Å². The minimum absolute atomic E-state index is 0.119. The molecule has 0 aromatic carbocycles. The van der Waals surface area contributed by atoms with Gasteiger partial charge in [-0.15, -0.1) is 0 Å². The highest BCUT2D eigenvalue weighted by Crippen LogP contribution is 2.13. The van der Waals surface area contributed by atoms with Gasteiger partial charge >= 0.3 is 17.9 Å². The van der Waals surface area contributed by atoms with E-state index in [1.807, 2.05) is 0 Å². The molecule has 0 aliphatic rings. The van der Waals surface area contributed by atoms with Gasteiger partial charge in [0.25, 0.3) is 0 Å². The van der Waals surface area contributed by atoms with Crippen molar-refractivity contribution in [1.29, 1.82) is 0 Å². The molecule has 0 aliphatic heterocycles. The summed E-state index contributed by atoms with van der Waals surface area (Å²) in [6, 6.07) is 0. The first-order valence-corrected chi connectivity index (χ1v) is 32.8. The maximum Gasteiger partial charge on any atom is 0.306 e. The maximum absolute atomic E-state index is 12.9. The summed E-state index contributed by atoms with van der Waals surface area (Å²) in [5.41, 5.74) is 0. The number of allylic oxidation sites excluding steroid dienone is 30. The van der Waals surface area contributed by atoms with Crippen LogP contribution >= 0.6 is 0 Å². The number of unbranched alkanes of at least 4 members (excludes halogenated alkanes) is 16. The summed E-state index contributed by atoms with van der Waals surface area (Å²) in [4.78, 5) is 38.3. The fraction of sp³-hybridized carbons (Fsp3) is 0.566. The highest BCUT2D eigenvalue weighted by atomic mass is 16.6. The number of hydrogen-bond acceptors (Lipinski definition) is 6. The second kappa shape index (κ2) is 68.0. The third-order valence-electron chi connectivity index (χ3n) is 13.1. The summed E-state index contributed by atoms with van der Waals surface area (Å²) < 4.78 is 16.8. The Labute approximate surface area is 504 Å². The van der Waals surface area contributed by atoms with Crippen LogP contribution < -0.4 is 0 Å². The van der Waals surface area contributed by atoms with Gasteiger partial charge in [0.2, 0.25) is 0 Å². The van der Waals surface area contributed by atoms with E-state index in [-0.39, 0.29) is 37.5 Å². The van der Waals surface area contributed by atoms with Crippen LogP contribution in [0.3, 0.4) is 0 Å². The number of hydrogen-bond donors (Lipinski definition) is 0. The van der Waals surface area contributed by atoms with Crippen LogP contribution in [0.25, 0.3) is 0 Å². The third kappa shape index (κ3) is 65.3. The zero-order valence-corrected chi connectivity index (χ0v) is 52.4. The molecule has 0 amide bonds. The van der Waals surface area contributed by atoms with Gasteiger partial charge in [0.1, 0.15) is 13.2 Å². The number of rotatable bonds is 57. The molecule has 0 bridgehead atoms. The largest absolute Gasteiger partial charge is 0.462 e. The van der Waals surface area contributed by atoms with Gasteiger partial charge in [0, 0.05) is 19.3 Å². The van der Waals surface area contributed by atoms with Crippen LogP contribution in [0.15, 0.2) is 182 Å². The van der Waals surface area contributed by atoms with Crippen molar-refractivity contribution in [3.05, 3.63) is 182 Å². The summed E-state index contributed by atoms with van der Waals surface area (Å²) in [5.74, 6) is -1.01. The fourth-order valence-corrected chi connectivity index (χ4v) is 8.29. The lowest BCUT2D eigenvalue weighted by Gasteiger charge is -2.18. The second-order valence-corrected chi connectivity index (χ2v) is 20.9. The maximum atomic E-state index is 12.9. The molecular weight excluding hydrogens is 1010 g/mol. The van der Waals surface area contributed by atoms with Crippen molar-refractivity contribution in [2.45, 2.75) is 264 Å². The molecule has 6 nitrogen and oxygen atoms in total. The molecule has 1 unspecified atom stereocenters. The lowest BCUT2D eigenvalue weighted by Crippen LogP contribution is -2.30. The van der Waals surface area contributed by atoms with Crippen molar-refractivity contribution in [3.63, 3.8) is 0 Å². The second-order valence-electron chi connectivity index (χ2n) is 20.9. The van der Waals surface area contributed by atoms with E-state index in [2.05, 4.69) is 203 Å². The molecule has 458 valence electrons. The van der Waals surface area contributed by atoms with Crippen LogP contribution in [0.2, 0.25) is 0 Å². The molecule has 0 saturated carbocycles. The van der Waals surface area contributed by atoms with Crippen LogP contribution in [0.1, 0.15) is 258 Å². The van der Waals surface area contributed by atoms with Crippen molar-refractivity contribution < 1.29 is 28.6 Å². The third-order valence-corrected chi connectivity index (χ3v) is 13.1. The summed E-state index contributed by atoms with van der Waals surface area (Å²) in [7, 11) is 0. The van der Waals surface area contributed by atoms with E-state index in [0.717, 1.165) is 167 Å². The van der Waals surface area contributed by atoms with Crippen molar-refractivity contribution in [1.82, 2.24) is 0 Å². The Kier molecular flexibility index (Phi) is 63.5. The zero-order valence-electron chi connectivity index (χ0n) is 52.4. The Morgan fingerprint density at radius 2 is 0.488 bits per heavy atom. The standard InChI is InChI=1S/C76H118O6/c1-4-7-10-13-16-19-22-25-28-30-31-32-33-34-35-36-37-38-39-40-41-42-43-44-45-47-48-51-54-57-60-63-66-69-75(78)81-72-73(71-80-74(77)68-65-62-59-56-53-50-27-24-21-18-15-12-9-6-3)82-76(79)70-67-64-61-58-55-52-49-46-29-26-23-20-17-14-11-8-5-2/h7-8,10-11,16-17,19-20,24-29,31-32,34-35,37-38,40-41,43-44,47-49,52,58,61,73H,4-6,9,12-15,18,21-23,30,33,36,39,42,45-46,50-51,53-57,59-60,62-72H2,1-3H3/b10-7-,11-8-,19-16-,20-17-,27-24-,28-25-,29-26-,32-31-,35-34-,38-37-,41-40-,44-43-,48-47-,52-49-,61-58-. The topological polar surface area (TPSA) is 78.9 Å². The average Bonchev–Trinajstić information content (AvgIpc) is 3.47. The lowest BCUT2D eigenvalue weighted by molar-refractivity contribution is -0.167. The van der Waals surface area contributed by atoms with Crippen LogP contribution in [-0.4, -0.2) is 37.2 Å². The van der Waals surface area contributed by atoms with E-state index < -0.39 is 6.10 Å². The van der Waals surface area contributed by atoms with Gasteiger partial charge in [-0.1, -0.05) is 267 Å². The highest BCUT2D eigenvalue weighted by Gasteiger charge is 2.19. The zero-order chi connectivity index (χ0) is 59.2. The van der Waals surface area contributed by atoms with Crippen molar-refractivity contribution in [3.8, 4) is 0 Å². The van der Waals surface area contributed by atoms with Gasteiger partial charge in [-0.05, 0) is 154 Å². The Balaban J connectivity index is 4.43. The Bertz CT molecular complexity index is 1920. The quantitative estimate of drug-likeness (QED) is 0.0261. The monoisotopic (exact) mass is 1130 g/mol.